The lowest BCUT2D eigenvalue weighted by molar-refractivity contribution is 0.547. The van der Waals surface area contributed by atoms with Crippen molar-refractivity contribution in [2.75, 3.05) is 0 Å². The molecule has 1 atom stereocenters. The molecular formula is C17H20N2. The number of nitrogens with zero attached hydrogens (tertiary/aromatic N) is 2. The highest BCUT2D eigenvalue weighted by atomic mass is 14.9. The molecule has 2 heteroatoms. The van der Waals surface area contributed by atoms with Crippen molar-refractivity contribution in [1.82, 2.24) is 9.97 Å². The second kappa shape index (κ2) is 4.16. The van der Waals surface area contributed by atoms with Gasteiger partial charge >= 0.3 is 0 Å². The third kappa shape index (κ3) is 1.86. The average molecular weight is 252 g/mol. The summed E-state index contributed by atoms with van der Waals surface area (Å²) >= 11 is 0. The minimum absolute atomic E-state index is 0.0425. The molecule has 1 aromatic carbocycles. The summed E-state index contributed by atoms with van der Waals surface area (Å²) in [6.45, 7) is 8.65. The van der Waals surface area contributed by atoms with Gasteiger partial charge < -0.3 is 0 Å². The van der Waals surface area contributed by atoms with Crippen LogP contribution >= 0.6 is 0 Å². The monoisotopic (exact) mass is 252 g/mol. The molecule has 0 saturated carbocycles. The quantitative estimate of drug-likeness (QED) is 0.774. The number of aryl methyl sites for hydroxylation is 4. The fourth-order valence-corrected chi connectivity index (χ4v) is 3.35. The van der Waals surface area contributed by atoms with Gasteiger partial charge in [0.2, 0.25) is 0 Å². The number of hydrogen-bond donors (Lipinski definition) is 0. The van der Waals surface area contributed by atoms with Crippen LogP contribution in [0.5, 0.6) is 0 Å². The van der Waals surface area contributed by atoms with Crippen molar-refractivity contribution in [1.29, 1.82) is 0 Å². The predicted octanol–water partition coefficient (Wildman–Crippen LogP) is 3.65. The molecule has 1 aromatic heterocycles. The highest BCUT2D eigenvalue weighted by Gasteiger charge is 2.38. The molecule has 0 bridgehead atoms. The van der Waals surface area contributed by atoms with E-state index in [1.165, 1.54) is 27.9 Å². The van der Waals surface area contributed by atoms with Crippen molar-refractivity contribution in [3.05, 3.63) is 58.2 Å². The number of benzene rings is 1. The van der Waals surface area contributed by atoms with Crippen LogP contribution < -0.4 is 0 Å². The summed E-state index contributed by atoms with van der Waals surface area (Å²) in [6, 6.07) is 6.75. The molecule has 0 fully saturated rings. The van der Waals surface area contributed by atoms with Gasteiger partial charge in [0.25, 0.3) is 0 Å². The molecule has 0 radical (unpaired) electrons. The summed E-state index contributed by atoms with van der Waals surface area (Å²) in [5.74, 6) is 0.872. The number of aromatic nitrogens is 2. The van der Waals surface area contributed by atoms with Crippen LogP contribution in [0, 0.1) is 20.8 Å². The molecule has 3 rings (SSSR count). The Labute approximate surface area is 114 Å². The number of hydrogen-bond acceptors (Lipinski definition) is 2. The van der Waals surface area contributed by atoms with Crippen LogP contribution in [0.3, 0.4) is 0 Å². The Morgan fingerprint density at radius 2 is 1.95 bits per heavy atom. The Morgan fingerprint density at radius 3 is 2.68 bits per heavy atom. The van der Waals surface area contributed by atoms with Crippen LogP contribution in [0.15, 0.2) is 24.4 Å². The lowest BCUT2D eigenvalue weighted by Gasteiger charge is -2.27. The highest BCUT2D eigenvalue weighted by molar-refractivity contribution is 5.46. The van der Waals surface area contributed by atoms with E-state index in [4.69, 9.17) is 4.98 Å². The summed E-state index contributed by atoms with van der Waals surface area (Å²) in [7, 11) is 0. The molecule has 2 aromatic rings. The van der Waals surface area contributed by atoms with Gasteiger partial charge in [-0.15, -0.1) is 0 Å². The van der Waals surface area contributed by atoms with E-state index in [-0.39, 0.29) is 5.41 Å². The third-order valence-electron chi connectivity index (χ3n) is 4.38. The Hall–Kier alpha value is -1.70. The molecule has 1 heterocycles. The van der Waals surface area contributed by atoms with Gasteiger partial charge in [0.05, 0.1) is 5.69 Å². The van der Waals surface area contributed by atoms with E-state index < -0.39 is 0 Å². The maximum absolute atomic E-state index is 4.74. The van der Waals surface area contributed by atoms with Crippen LogP contribution in [-0.4, -0.2) is 9.97 Å². The molecule has 0 aliphatic heterocycles. The SMILES string of the molecule is Cc1ccc(C2(C)CCc3cnc(C)nc32)c(C)c1. The van der Waals surface area contributed by atoms with E-state index in [1.54, 1.807) is 0 Å². The van der Waals surface area contributed by atoms with Crippen LogP contribution in [-0.2, 0) is 11.8 Å². The van der Waals surface area contributed by atoms with Crippen molar-refractivity contribution in [2.24, 2.45) is 0 Å². The minimum atomic E-state index is 0.0425. The standard InChI is InChI=1S/C17H20N2/c1-11-5-6-15(12(2)9-11)17(4)8-7-14-10-18-13(3)19-16(14)17/h5-6,9-10H,7-8H2,1-4H3. The molecule has 0 N–H and O–H groups in total. The van der Waals surface area contributed by atoms with Crippen LogP contribution in [0.1, 0.15) is 47.1 Å². The summed E-state index contributed by atoms with van der Waals surface area (Å²) in [6.07, 6.45) is 4.22. The van der Waals surface area contributed by atoms with E-state index in [0.717, 1.165) is 18.7 Å². The normalized spacial score (nSPS) is 21.5. The first-order valence-electron chi connectivity index (χ1n) is 6.91. The van der Waals surface area contributed by atoms with E-state index in [9.17, 15) is 0 Å². The molecule has 0 amide bonds. The molecule has 1 aliphatic carbocycles. The molecule has 0 saturated heterocycles. The van der Waals surface area contributed by atoms with Gasteiger partial charge in [0.1, 0.15) is 5.82 Å². The molecule has 1 unspecified atom stereocenters. The molecule has 19 heavy (non-hydrogen) atoms. The first-order valence-corrected chi connectivity index (χ1v) is 6.91. The summed E-state index contributed by atoms with van der Waals surface area (Å²) < 4.78 is 0. The summed E-state index contributed by atoms with van der Waals surface area (Å²) in [5, 5.41) is 0. The zero-order valence-electron chi connectivity index (χ0n) is 12.1. The Kier molecular flexibility index (Phi) is 2.70. The Morgan fingerprint density at radius 1 is 1.16 bits per heavy atom. The zero-order chi connectivity index (χ0) is 13.6. The second-order valence-electron chi connectivity index (χ2n) is 5.94. The van der Waals surface area contributed by atoms with Crippen LogP contribution in [0.25, 0.3) is 0 Å². The fraction of sp³-hybridized carbons (Fsp3) is 0.412. The van der Waals surface area contributed by atoms with E-state index in [1.807, 2.05) is 13.1 Å². The third-order valence-corrected chi connectivity index (χ3v) is 4.38. The van der Waals surface area contributed by atoms with Gasteiger partial charge in [0.15, 0.2) is 0 Å². The summed E-state index contributed by atoms with van der Waals surface area (Å²) in [5.41, 5.74) is 6.68. The van der Waals surface area contributed by atoms with E-state index >= 15 is 0 Å². The second-order valence-corrected chi connectivity index (χ2v) is 5.94. The van der Waals surface area contributed by atoms with Gasteiger partial charge in [-0.1, -0.05) is 23.8 Å². The van der Waals surface area contributed by atoms with Crippen LogP contribution in [0.2, 0.25) is 0 Å². The highest BCUT2D eigenvalue weighted by Crippen LogP contribution is 2.43. The first kappa shape index (κ1) is 12.3. The number of fused-ring (bicyclic) bond motifs is 1. The van der Waals surface area contributed by atoms with Gasteiger partial charge in [0, 0.05) is 11.6 Å². The maximum atomic E-state index is 4.74. The molecule has 2 nitrogen and oxygen atoms in total. The smallest absolute Gasteiger partial charge is 0.125 e. The molecule has 98 valence electrons. The van der Waals surface area contributed by atoms with Gasteiger partial charge in [-0.3, -0.25) is 0 Å². The van der Waals surface area contributed by atoms with Crippen molar-refractivity contribution in [3.63, 3.8) is 0 Å². The Balaban J connectivity index is 2.18. The minimum Gasteiger partial charge on any atom is -0.241 e. The van der Waals surface area contributed by atoms with Crippen molar-refractivity contribution < 1.29 is 0 Å². The maximum Gasteiger partial charge on any atom is 0.125 e. The largest absolute Gasteiger partial charge is 0.241 e. The lowest BCUT2D eigenvalue weighted by Crippen LogP contribution is -2.23. The van der Waals surface area contributed by atoms with E-state index in [0.29, 0.717) is 0 Å². The zero-order valence-corrected chi connectivity index (χ0v) is 12.1. The lowest BCUT2D eigenvalue weighted by atomic mass is 9.77. The van der Waals surface area contributed by atoms with Crippen molar-refractivity contribution >= 4 is 0 Å². The summed E-state index contributed by atoms with van der Waals surface area (Å²) in [4.78, 5) is 9.07. The van der Waals surface area contributed by atoms with Gasteiger partial charge in [-0.05, 0) is 57.2 Å². The Bertz CT molecular complexity index is 646. The number of rotatable bonds is 1. The van der Waals surface area contributed by atoms with Gasteiger partial charge in [-0.2, -0.15) is 0 Å². The molecule has 1 aliphatic rings. The predicted molar refractivity (Wildman–Crippen MR) is 77.5 cm³/mol. The first-order chi connectivity index (χ1) is 9.00. The molecular weight excluding hydrogens is 232 g/mol. The fourth-order valence-electron chi connectivity index (χ4n) is 3.35. The molecule has 0 spiro atoms. The average Bonchev–Trinajstić information content (AvgIpc) is 2.68. The van der Waals surface area contributed by atoms with Gasteiger partial charge in [-0.25, -0.2) is 9.97 Å². The van der Waals surface area contributed by atoms with Crippen molar-refractivity contribution in [2.45, 2.75) is 46.0 Å². The van der Waals surface area contributed by atoms with Crippen LogP contribution in [0.4, 0.5) is 0 Å². The van der Waals surface area contributed by atoms with Crippen molar-refractivity contribution in [3.8, 4) is 0 Å². The topological polar surface area (TPSA) is 25.8 Å². The van der Waals surface area contributed by atoms with E-state index in [2.05, 4.69) is 44.0 Å².